The molecule has 2 N–H and O–H groups in total. The first-order valence-corrected chi connectivity index (χ1v) is 9.57. The van der Waals surface area contributed by atoms with E-state index in [9.17, 15) is 9.59 Å². The zero-order valence-corrected chi connectivity index (χ0v) is 15.8. The van der Waals surface area contributed by atoms with Gasteiger partial charge < -0.3 is 15.5 Å². The van der Waals surface area contributed by atoms with E-state index in [4.69, 9.17) is 0 Å². The number of anilines is 1. The van der Waals surface area contributed by atoms with Crippen molar-refractivity contribution < 1.29 is 9.59 Å². The summed E-state index contributed by atoms with van der Waals surface area (Å²) in [5.74, 6) is 0.161. The lowest BCUT2D eigenvalue weighted by Gasteiger charge is -2.20. The summed E-state index contributed by atoms with van der Waals surface area (Å²) in [7, 11) is 0. The molecule has 1 fully saturated rings. The van der Waals surface area contributed by atoms with Gasteiger partial charge in [-0.15, -0.1) is 0 Å². The van der Waals surface area contributed by atoms with Gasteiger partial charge in [0, 0.05) is 25.2 Å². The molecular weight excluding hydrogens is 338 g/mol. The molecule has 0 saturated carbocycles. The summed E-state index contributed by atoms with van der Waals surface area (Å²) >= 11 is 0. The minimum absolute atomic E-state index is 0.0812. The molecule has 0 radical (unpaired) electrons. The number of likely N-dealkylation sites (tertiary alicyclic amines) is 1. The van der Waals surface area contributed by atoms with E-state index < -0.39 is 6.04 Å². The number of benzene rings is 2. The number of nitrogens with one attached hydrogen (secondary N) is 2. The Morgan fingerprint density at radius 3 is 2.52 bits per heavy atom. The third-order valence-electron chi connectivity index (χ3n) is 4.84. The highest BCUT2D eigenvalue weighted by Gasteiger charge is 2.22. The Morgan fingerprint density at radius 2 is 1.85 bits per heavy atom. The molecule has 0 aliphatic carbocycles. The van der Waals surface area contributed by atoms with Crippen LogP contribution in [0.3, 0.4) is 0 Å². The Balaban J connectivity index is 1.59. The predicted octanol–water partition coefficient (Wildman–Crippen LogP) is 3.28. The molecule has 2 aromatic rings. The van der Waals surface area contributed by atoms with Crippen molar-refractivity contribution in [3.05, 3.63) is 65.7 Å². The Labute approximate surface area is 160 Å². The average Bonchev–Trinajstić information content (AvgIpc) is 3.09. The van der Waals surface area contributed by atoms with E-state index in [1.165, 1.54) is 0 Å². The normalized spacial score (nSPS) is 15.0. The second-order valence-electron chi connectivity index (χ2n) is 6.99. The molecule has 2 amide bonds. The molecule has 1 saturated heterocycles. The molecule has 0 spiro atoms. The van der Waals surface area contributed by atoms with Crippen molar-refractivity contribution in [2.45, 2.75) is 32.2 Å². The smallest absolute Gasteiger partial charge is 0.246 e. The minimum atomic E-state index is -0.429. The zero-order chi connectivity index (χ0) is 19.1. The molecule has 3 rings (SSSR count). The first-order chi connectivity index (χ1) is 13.1. The van der Waals surface area contributed by atoms with Gasteiger partial charge in [-0.05, 0) is 44.0 Å². The van der Waals surface area contributed by atoms with Gasteiger partial charge >= 0.3 is 0 Å². The van der Waals surface area contributed by atoms with Crippen LogP contribution in [0.25, 0.3) is 0 Å². The van der Waals surface area contributed by atoms with Crippen LogP contribution in [-0.4, -0.2) is 36.3 Å². The van der Waals surface area contributed by atoms with E-state index in [2.05, 4.69) is 10.6 Å². The lowest BCUT2D eigenvalue weighted by Crippen LogP contribution is -2.35. The molecule has 1 heterocycles. The van der Waals surface area contributed by atoms with Crippen LogP contribution in [0.1, 0.15) is 36.4 Å². The van der Waals surface area contributed by atoms with Crippen LogP contribution in [0.4, 0.5) is 5.69 Å². The van der Waals surface area contributed by atoms with Crippen LogP contribution in [0.2, 0.25) is 0 Å². The van der Waals surface area contributed by atoms with E-state index in [1.54, 1.807) is 0 Å². The quantitative estimate of drug-likeness (QED) is 0.706. The van der Waals surface area contributed by atoms with Gasteiger partial charge in [0.1, 0.15) is 6.04 Å². The third kappa shape index (κ3) is 5.41. The van der Waals surface area contributed by atoms with Crippen LogP contribution >= 0.6 is 0 Å². The van der Waals surface area contributed by atoms with Crippen molar-refractivity contribution in [1.82, 2.24) is 10.2 Å². The Morgan fingerprint density at radius 1 is 1.11 bits per heavy atom. The first kappa shape index (κ1) is 19.1. The largest absolute Gasteiger partial charge is 0.343 e. The monoisotopic (exact) mass is 365 g/mol. The van der Waals surface area contributed by atoms with Crippen molar-refractivity contribution >= 4 is 17.5 Å². The van der Waals surface area contributed by atoms with E-state index in [0.29, 0.717) is 13.0 Å². The zero-order valence-electron chi connectivity index (χ0n) is 15.8. The van der Waals surface area contributed by atoms with Gasteiger partial charge in [-0.3, -0.25) is 9.59 Å². The molecule has 1 aliphatic heterocycles. The highest BCUT2D eigenvalue weighted by molar-refractivity contribution is 5.95. The Hall–Kier alpha value is -2.66. The molecule has 0 bridgehead atoms. The fraction of sp³-hybridized carbons (Fsp3) is 0.364. The minimum Gasteiger partial charge on any atom is -0.343 e. The highest BCUT2D eigenvalue weighted by Crippen LogP contribution is 2.17. The van der Waals surface area contributed by atoms with E-state index in [-0.39, 0.29) is 11.8 Å². The molecule has 5 heteroatoms. The van der Waals surface area contributed by atoms with Gasteiger partial charge in [0.05, 0.1) is 0 Å². The van der Waals surface area contributed by atoms with Crippen molar-refractivity contribution in [1.29, 1.82) is 0 Å². The standard InChI is InChI=1S/C22H27N3O2/c1-17-10-12-19(13-11-17)24-22(27)21(18-7-3-2-4-8-18)23-14-6-16-25-15-5-9-20(25)26/h2-4,7-8,10-13,21,23H,5-6,9,14-16H2,1H3,(H,24,27). The van der Waals surface area contributed by atoms with Crippen LogP contribution in [-0.2, 0) is 9.59 Å². The number of nitrogens with zero attached hydrogens (tertiary/aromatic N) is 1. The van der Waals surface area contributed by atoms with Crippen molar-refractivity contribution in [2.75, 3.05) is 25.0 Å². The van der Waals surface area contributed by atoms with Crippen LogP contribution in [0.15, 0.2) is 54.6 Å². The molecule has 1 aliphatic rings. The second-order valence-corrected chi connectivity index (χ2v) is 6.99. The van der Waals surface area contributed by atoms with Crippen molar-refractivity contribution in [3.8, 4) is 0 Å². The number of aryl methyl sites for hydroxylation is 1. The highest BCUT2D eigenvalue weighted by atomic mass is 16.2. The summed E-state index contributed by atoms with van der Waals surface area (Å²) in [4.78, 5) is 26.5. The fourth-order valence-corrected chi connectivity index (χ4v) is 3.32. The number of hydrogen-bond donors (Lipinski definition) is 2. The number of amides is 2. The van der Waals surface area contributed by atoms with Gasteiger partial charge in [-0.2, -0.15) is 0 Å². The Kier molecular flexibility index (Phi) is 6.60. The maximum Gasteiger partial charge on any atom is 0.246 e. The predicted molar refractivity (Wildman–Crippen MR) is 107 cm³/mol. The van der Waals surface area contributed by atoms with E-state index in [0.717, 1.165) is 42.7 Å². The topological polar surface area (TPSA) is 61.4 Å². The molecule has 2 aromatic carbocycles. The number of carbonyl (C=O) groups is 2. The first-order valence-electron chi connectivity index (χ1n) is 9.57. The van der Waals surface area contributed by atoms with Gasteiger partial charge in [-0.1, -0.05) is 48.0 Å². The van der Waals surface area contributed by atoms with E-state index >= 15 is 0 Å². The molecule has 5 nitrogen and oxygen atoms in total. The third-order valence-corrected chi connectivity index (χ3v) is 4.84. The van der Waals surface area contributed by atoms with Crippen LogP contribution in [0.5, 0.6) is 0 Å². The van der Waals surface area contributed by atoms with Gasteiger partial charge in [-0.25, -0.2) is 0 Å². The number of carbonyl (C=O) groups excluding carboxylic acids is 2. The maximum atomic E-state index is 12.9. The summed E-state index contributed by atoms with van der Waals surface area (Å²) in [5.41, 5.74) is 2.87. The second kappa shape index (κ2) is 9.33. The summed E-state index contributed by atoms with van der Waals surface area (Å²) in [6, 6.07) is 17.1. The molecule has 0 aromatic heterocycles. The molecular formula is C22H27N3O2. The lowest BCUT2D eigenvalue weighted by molar-refractivity contribution is -0.127. The average molecular weight is 365 g/mol. The van der Waals surface area contributed by atoms with Crippen LogP contribution < -0.4 is 10.6 Å². The van der Waals surface area contributed by atoms with Crippen LogP contribution in [0, 0.1) is 6.92 Å². The summed E-state index contributed by atoms with van der Waals surface area (Å²) in [6.45, 7) is 4.29. The SMILES string of the molecule is Cc1ccc(NC(=O)C(NCCCN2CCCC2=O)c2ccccc2)cc1. The molecule has 142 valence electrons. The molecule has 27 heavy (non-hydrogen) atoms. The molecule has 1 atom stereocenters. The van der Waals surface area contributed by atoms with Crippen molar-refractivity contribution in [2.24, 2.45) is 0 Å². The fourth-order valence-electron chi connectivity index (χ4n) is 3.32. The van der Waals surface area contributed by atoms with Crippen molar-refractivity contribution in [3.63, 3.8) is 0 Å². The van der Waals surface area contributed by atoms with Gasteiger partial charge in [0.2, 0.25) is 11.8 Å². The summed E-state index contributed by atoms with van der Waals surface area (Å²) in [5, 5.41) is 6.35. The number of rotatable bonds is 8. The van der Waals surface area contributed by atoms with E-state index in [1.807, 2.05) is 66.4 Å². The summed E-state index contributed by atoms with van der Waals surface area (Å²) in [6.07, 6.45) is 2.45. The van der Waals surface area contributed by atoms with Gasteiger partial charge in [0.25, 0.3) is 0 Å². The Bertz CT molecular complexity index is 759. The van der Waals surface area contributed by atoms with Gasteiger partial charge in [0.15, 0.2) is 0 Å². The number of hydrogen-bond acceptors (Lipinski definition) is 3. The summed E-state index contributed by atoms with van der Waals surface area (Å²) < 4.78 is 0. The molecule has 1 unspecified atom stereocenters. The maximum absolute atomic E-state index is 12.9. The lowest BCUT2D eigenvalue weighted by atomic mass is 10.1.